The van der Waals surface area contributed by atoms with Gasteiger partial charge in [-0.2, -0.15) is 13.2 Å². The highest BCUT2D eigenvalue weighted by atomic mass is 19.4. The Morgan fingerprint density at radius 1 is 0.867 bits per heavy atom. The molecule has 0 heterocycles. The van der Waals surface area contributed by atoms with Crippen molar-refractivity contribution in [3.8, 4) is 0 Å². The molecule has 6 nitrogen and oxygen atoms in total. The standard InChI is InChI=1S/C21H22F3N3O3/c1-13(2)18(28)27-17-8-6-14(7-9-17)19(29)25-10-11-26-20(30)15-4-3-5-16(12-15)21(22,23)24/h3-9,12-13H,10-11H2,1-2H3,(H,25,29)(H,26,30)(H,27,28). The third kappa shape index (κ3) is 6.61. The van der Waals surface area contributed by atoms with Gasteiger partial charge in [-0.25, -0.2) is 0 Å². The number of anilines is 1. The molecule has 0 saturated carbocycles. The van der Waals surface area contributed by atoms with Crippen molar-refractivity contribution in [3.63, 3.8) is 0 Å². The van der Waals surface area contributed by atoms with Crippen molar-refractivity contribution in [2.24, 2.45) is 5.92 Å². The zero-order chi connectivity index (χ0) is 22.3. The summed E-state index contributed by atoms with van der Waals surface area (Å²) < 4.78 is 38.1. The highest BCUT2D eigenvalue weighted by Crippen LogP contribution is 2.29. The number of amides is 3. The molecule has 2 aromatic rings. The molecule has 0 atom stereocenters. The lowest BCUT2D eigenvalue weighted by molar-refractivity contribution is -0.137. The average Bonchev–Trinajstić information content (AvgIpc) is 2.70. The van der Waals surface area contributed by atoms with Crippen LogP contribution in [0.2, 0.25) is 0 Å². The van der Waals surface area contributed by atoms with E-state index in [9.17, 15) is 27.6 Å². The molecule has 9 heteroatoms. The lowest BCUT2D eigenvalue weighted by Crippen LogP contribution is -2.34. The van der Waals surface area contributed by atoms with Gasteiger partial charge in [0.15, 0.2) is 0 Å². The van der Waals surface area contributed by atoms with Crippen LogP contribution in [0.5, 0.6) is 0 Å². The molecule has 0 fully saturated rings. The van der Waals surface area contributed by atoms with E-state index in [2.05, 4.69) is 16.0 Å². The van der Waals surface area contributed by atoms with Crippen LogP contribution in [-0.4, -0.2) is 30.8 Å². The molecule has 0 saturated heterocycles. The number of rotatable bonds is 7. The second kappa shape index (κ2) is 9.91. The predicted octanol–water partition coefficient (Wildman–Crippen LogP) is 3.46. The summed E-state index contributed by atoms with van der Waals surface area (Å²) in [5, 5.41) is 7.77. The van der Waals surface area contributed by atoms with Crippen molar-refractivity contribution in [2.45, 2.75) is 20.0 Å². The average molecular weight is 421 g/mol. The van der Waals surface area contributed by atoms with Gasteiger partial charge in [0.2, 0.25) is 5.91 Å². The smallest absolute Gasteiger partial charge is 0.350 e. The van der Waals surface area contributed by atoms with Crippen molar-refractivity contribution in [3.05, 3.63) is 65.2 Å². The summed E-state index contributed by atoms with van der Waals surface area (Å²) in [6.07, 6.45) is -4.53. The first-order valence-corrected chi connectivity index (χ1v) is 9.22. The maximum atomic E-state index is 12.7. The number of halogens is 3. The van der Waals surface area contributed by atoms with Gasteiger partial charge in [0.25, 0.3) is 11.8 Å². The number of alkyl halides is 3. The van der Waals surface area contributed by atoms with E-state index in [1.807, 2.05) is 0 Å². The Morgan fingerprint density at radius 3 is 1.97 bits per heavy atom. The highest BCUT2D eigenvalue weighted by molar-refractivity contribution is 5.96. The molecule has 160 valence electrons. The summed E-state index contributed by atoms with van der Waals surface area (Å²) in [5.41, 5.74) is -0.0907. The van der Waals surface area contributed by atoms with Crippen LogP contribution in [0, 0.1) is 5.92 Å². The van der Waals surface area contributed by atoms with E-state index in [1.54, 1.807) is 38.1 Å². The molecule has 0 radical (unpaired) electrons. The van der Waals surface area contributed by atoms with Crippen molar-refractivity contribution >= 4 is 23.4 Å². The molecule has 2 aromatic carbocycles. The molecule has 0 aliphatic carbocycles. The molecule has 30 heavy (non-hydrogen) atoms. The summed E-state index contributed by atoms with van der Waals surface area (Å²) in [6, 6.07) is 10.4. The monoisotopic (exact) mass is 421 g/mol. The molecule has 3 amide bonds. The van der Waals surface area contributed by atoms with E-state index >= 15 is 0 Å². The van der Waals surface area contributed by atoms with Gasteiger partial charge in [-0.05, 0) is 42.5 Å². The van der Waals surface area contributed by atoms with Crippen LogP contribution < -0.4 is 16.0 Å². The van der Waals surface area contributed by atoms with Gasteiger partial charge in [0.1, 0.15) is 0 Å². The normalized spacial score (nSPS) is 11.1. The Bertz CT molecular complexity index is 910. The van der Waals surface area contributed by atoms with Crippen molar-refractivity contribution in [1.82, 2.24) is 10.6 Å². The van der Waals surface area contributed by atoms with Crippen LogP contribution in [0.4, 0.5) is 18.9 Å². The summed E-state index contributed by atoms with van der Waals surface area (Å²) in [6.45, 7) is 3.67. The number of benzene rings is 2. The predicted molar refractivity (Wildman–Crippen MR) is 106 cm³/mol. The maximum absolute atomic E-state index is 12.7. The van der Waals surface area contributed by atoms with Crippen molar-refractivity contribution in [1.29, 1.82) is 0 Å². The first kappa shape index (κ1) is 22.9. The third-order valence-corrected chi connectivity index (χ3v) is 4.09. The minimum atomic E-state index is -4.53. The van der Waals surface area contributed by atoms with Gasteiger partial charge in [0.05, 0.1) is 5.56 Å². The Labute approximate surface area is 171 Å². The van der Waals surface area contributed by atoms with Gasteiger partial charge >= 0.3 is 6.18 Å². The maximum Gasteiger partial charge on any atom is 0.416 e. The Balaban J connectivity index is 1.81. The SMILES string of the molecule is CC(C)C(=O)Nc1ccc(C(=O)NCCNC(=O)c2cccc(C(F)(F)F)c2)cc1. The summed E-state index contributed by atoms with van der Waals surface area (Å²) in [7, 11) is 0. The molecule has 0 aromatic heterocycles. The van der Waals surface area contributed by atoms with Gasteiger partial charge in [-0.1, -0.05) is 19.9 Å². The number of carbonyl (C=O) groups excluding carboxylic acids is 3. The van der Waals surface area contributed by atoms with E-state index in [0.29, 0.717) is 11.3 Å². The zero-order valence-corrected chi connectivity index (χ0v) is 16.5. The lowest BCUT2D eigenvalue weighted by atomic mass is 10.1. The van der Waals surface area contributed by atoms with Gasteiger partial charge < -0.3 is 16.0 Å². The first-order chi connectivity index (χ1) is 14.1. The minimum Gasteiger partial charge on any atom is -0.350 e. The van der Waals surface area contributed by atoms with Crippen molar-refractivity contribution in [2.75, 3.05) is 18.4 Å². The largest absolute Gasteiger partial charge is 0.416 e. The fraction of sp³-hybridized carbons (Fsp3) is 0.286. The molecular formula is C21H22F3N3O3. The zero-order valence-electron chi connectivity index (χ0n) is 16.5. The second-order valence-corrected chi connectivity index (χ2v) is 6.81. The fourth-order valence-electron chi connectivity index (χ4n) is 2.38. The van der Waals surface area contributed by atoms with Crippen LogP contribution in [-0.2, 0) is 11.0 Å². The van der Waals surface area contributed by atoms with Crippen LogP contribution in [0.1, 0.15) is 40.1 Å². The van der Waals surface area contributed by atoms with Gasteiger partial charge in [-0.3, -0.25) is 14.4 Å². The summed E-state index contributed by atoms with van der Waals surface area (Å²) in [5.74, 6) is -1.35. The molecule has 3 N–H and O–H groups in total. The van der Waals surface area contributed by atoms with E-state index in [4.69, 9.17) is 0 Å². The molecular weight excluding hydrogens is 399 g/mol. The number of nitrogens with one attached hydrogen (secondary N) is 3. The molecule has 0 bridgehead atoms. The number of hydrogen-bond donors (Lipinski definition) is 3. The Hall–Kier alpha value is -3.36. The van der Waals surface area contributed by atoms with Crippen LogP contribution in [0.25, 0.3) is 0 Å². The van der Waals surface area contributed by atoms with E-state index in [-0.39, 0.29) is 36.4 Å². The molecule has 0 aliphatic heterocycles. The lowest BCUT2D eigenvalue weighted by Gasteiger charge is -2.10. The second-order valence-electron chi connectivity index (χ2n) is 6.81. The first-order valence-electron chi connectivity index (χ1n) is 9.22. The van der Waals surface area contributed by atoms with Crippen LogP contribution in [0.15, 0.2) is 48.5 Å². The Morgan fingerprint density at radius 2 is 1.43 bits per heavy atom. The Kier molecular flexibility index (Phi) is 7.57. The van der Waals surface area contributed by atoms with Crippen molar-refractivity contribution < 1.29 is 27.6 Å². The number of carbonyl (C=O) groups is 3. The van der Waals surface area contributed by atoms with E-state index in [0.717, 1.165) is 18.2 Å². The summed E-state index contributed by atoms with van der Waals surface area (Å²) >= 11 is 0. The fourth-order valence-corrected chi connectivity index (χ4v) is 2.38. The van der Waals surface area contributed by atoms with E-state index in [1.165, 1.54) is 6.07 Å². The van der Waals surface area contributed by atoms with Crippen LogP contribution in [0.3, 0.4) is 0 Å². The summed E-state index contributed by atoms with van der Waals surface area (Å²) in [4.78, 5) is 35.8. The van der Waals surface area contributed by atoms with E-state index < -0.39 is 17.6 Å². The third-order valence-electron chi connectivity index (χ3n) is 4.09. The quantitative estimate of drug-likeness (QED) is 0.599. The molecule has 2 rings (SSSR count). The topological polar surface area (TPSA) is 87.3 Å². The van der Waals surface area contributed by atoms with Crippen LogP contribution >= 0.6 is 0 Å². The van der Waals surface area contributed by atoms with Gasteiger partial charge in [0, 0.05) is 35.8 Å². The highest BCUT2D eigenvalue weighted by Gasteiger charge is 2.30. The molecule has 0 aliphatic rings. The minimum absolute atomic E-state index is 0.0450. The van der Waals surface area contributed by atoms with Gasteiger partial charge in [-0.15, -0.1) is 0 Å². The molecule has 0 unspecified atom stereocenters. The number of hydrogen-bond acceptors (Lipinski definition) is 3. The molecule has 0 spiro atoms.